The van der Waals surface area contributed by atoms with Gasteiger partial charge < -0.3 is 15.4 Å². The summed E-state index contributed by atoms with van der Waals surface area (Å²) in [4.78, 5) is 38.2. The van der Waals surface area contributed by atoms with Crippen LogP contribution in [0.1, 0.15) is 18.1 Å². The van der Waals surface area contributed by atoms with E-state index in [4.69, 9.17) is 0 Å². The van der Waals surface area contributed by atoms with Crippen molar-refractivity contribution in [3.05, 3.63) is 59.7 Å². The van der Waals surface area contributed by atoms with Crippen LogP contribution in [-0.2, 0) is 15.1 Å². The fourth-order valence-corrected chi connectivity index (χ4v) is 3.04. The first-order valence-electron chi connectivity index (χ1n) is 8.85. The van der Waals surface area contributed by atoms with Crippen molar-refractivity contribution in [2.75, 3.05) is 11.9 Å². The molecule has 0 aliphatic carbocycles. The molecule has 1 heterocycles. The molecule has 1 aliphatic rings. The predicted octanol–water partition coefficient (Wildman–Crippen LogP) is 3.30. The lowest BCUT2D eigenvalue weighted by molar-refractivity contribution is -0.274. The fraction of sp³-hybridized carbons (Fsp3) is 0.250. The van der Waals surface area contributed by atoms with E-state index in [9.17, 15) is 27.6 Å². The number of rotatable bonds is 5. The molecule has 1 saturated heterocycles. The van der Waals surface area contributed by atoms with Crippen LogP contribution in [0.5, 0.6) is 5.75 Å². The van der Waals surface area contributed by atoms with Gasteiger partial charge in [0.1, 0.15) is 17.8 Å². The van der Waals surface area contributed by atoms with Crippen LogP contribution in [0.3, 0.4) is 0 Å². The summed E-state index contributed by atoms with van der Waals surface area (Å²) in [5.74, 6) is -1.88. The van der Waals surface area contributed by atoms with Gasteiger partial charge in [-0.3, -0.25) is 14.5 Å². The highest BCUT2D eigenvalue weighted by Gasteiger charge is 2.49. The van der Waals surface area contributed by atoms with Gasteiger partial charge in [-0.25, -0.2) is 4.79 Å². The highest BCUT2D eigenvalue weighted by molar-refractivity contribution is 6.10. The second-order valence-electron chi connectivity index (χ2n) is 6.94. The van der Waals surface area contributed by atoms with E-state index < -0.39 is 42.0 Å². The highest BCUT2D eigenvalue weighted by atomic mass is 19.4. The minimum Gasteiger partial charge on any atom is -0.406 e. The first kappa shape index (κ1) is 21.2. The van der Waals surface area contributed by atoms with Crippen molar-refractivity contribution in [2.45, 2.75) is 25.7 Å². The molecule has 30 heavy (non-hydrogen) atoms. The third-order valence-corrected chi connectivity index (χ3v) is 4.56. The van der Waals surface area contributed by atoms with E-state index in [2.05, 4.69) is 15.4 Å². The molecule has 7 nitrogen and oxygen atoms in total. The second kappa shape index (κ2) is 7.69. The van der Waals surface area contributed by atoms with E-state index in [0.29, 0.717) is 5.56 Å². The van der Waals surface area contributed by atoms with Gasteiger partial charge in [-0.2, -0.15) is 0 Å². The lowest BCUT2D eigenvalue weighted by atomic mass is 9.91. The Morgan fingerprint density at radius 1 is 1.17 bits per heavy atom. The van der Waals surface area contributed by atoms with Crippen LogP contribution in [0.15, 0.2) is 48.5 Å². The SMILES string of the molecule is Cc1ccc([C@]2(C)NC(=O)N(CC(=O)Nc3cccc(OC(F)(F)F)c3)C2=O)cc1. The topological polar surface area (TPSA) is 87.7 Å². The maximum Gasteiger partial charge on any atom is 0.573 e. The van der Waals surface area contributed by atoms with Crippen LogP contribution in [0.4, 0.5) is 23.7 Å². The molecule has 0 unspecified atom stereocenters. The molecule has 3 rings (SSSR count). The first-order chi connectivity index (χ1) is 14.0. The summed E-state index contributed by atoms with van der Waals surface area (Å²) in [5.41, 5.74) is 0.236. The van der Waals surface area contributed by atoms with Crippen LogP contribution < -0.4 is 15.4 Å². The number of carbonyl (C=O) groups is 3. The highest BCUT2D eigenvalue weighted by Crippen LogP contribution is 2.29. The number of ether oxygens (including phenoxy) is 1. The predicted molar refractivity (Wildman–Crippen MR) is 101 cm³/mol. The zero-order chi connectivity index (χ0) is 22.1. The number of hydrogen-bond donors (Lipinski definition) is 2. The number of carbonyl (C=O) groups excluding carboxylic acids is 3. The smallest absolute Gasteiger partial charge is 0.406 e. The zero-order valence-corrected chi connectivity index (χ0v) is 16.0. The minimum absolute atomic E-state index is 0.0232. The first-order valence-corrected chi connectivity index (χ1v) is 8.85. The molecule has 10 heteroatoms. The maximum absolute atomic E-state index is 12.8. The number of benzene rings is 2. The number of urea groups is 1. The monoisotopic (exact) mass is 421 g/mol. The Bertz CT molecular complexity index is 992. The molecule has 2 aromatic rings. The Morgan fingerprint density at radius 2 is 1.83 bits per heavy atom. The summed E-state index contributed by atoms with van der Waals surface area (Å²) in [6, 6.07) is 10.9. The number of halogens is 3. The summed E-state index contributed by atoms with van der Waals surface area (Å²) in [6.45, 7) is 2.82. The molecule has 4 amide bonds. The van der Waals surface area contributed by atoms with Gasteiger partial charge in [0.2, 0.25) is 5.91 Å². The van der Waals surface area contributed by atoms with Crippen LogP contribution in [0.2, 0.25) is 0 Å². The number of anilines is 1. The van der Waals surface area contributed by atoms with Crippen LogP contribution in [-0.4, -0.2) is 35.7 Å². The Balaban J connectivity index is 1.70. The summed E-state index contributed by atoms with van der Waals surface area (Å²) in [6.07, 6.45) is -4.87. The van der Waals surface area contributed by atoms with Crippen molar-refractivity contribution in [1.82, 2.24) is 10.2 Å². The molecular weight excluding hydrogens is 403 g/mol. The van der Waals surface area contributed by atoms with Crippen LogP contribution in [0, 0.1) is 6.92 Å². The molecule has 1 fully saturated rings. The van der Waals surface area contributed by atoms with E-state index in [0.717, 1.165) is 22.6 Å². The van der Waals surface area contributed by atoms with E-state index in [1.165, 1.54) is 19.1 Å². The van der Waals surface area contributed by atoms with Crippen LogP contribution in [0.25, 0.3) is 0 Å². The molecule has 0 saturated carbocycles. The van der Waals surface area contributed by atoms with E-state index >= 15 is 0 Å². The van der Waals surface area contributed by atoms with E-state index in [-0.39, 0.29) is 5.69 Å². The molecule has 2 aromatic carbocycles. The average molecular weight is 421 g/mol. The summed E-state index contributed by atoms with van der Waals surface area (Å²) in [5, 5.41) is 4.93. The Labute approximate surface area is 169 Å². The summed E-state index contributed by atoms with van der Waals surface area (Å²) < 4.78 is 40.8. The van der Waals surface area contributed by atoms with Crippen molar-refractivity contribution >= 4 is 23.5 Å². The van der Waals surface area contributed by atoms with Gasteiger partial charge in [0.25, 0.3) is 5.91 Å². The summed E-state index contributed by atoms with van der Waals surface area (Å²) in [7, 11) is 0. The standard InChI is InChI=1S/C20H18F3N3O4/c1-12-6-8-13(9-7-12)19(2)17(28)26(18(29)25-19)11-16(27)24-14-4-3-5-15(10-14)30-20(21,22)23/h3-10H,11H2,1-2H3,(H,24,27)(H,25,29)/t19-/m0/s1. The van der Waals surface area contributed by atoms with Crippen molar-refractivity contribution in [2.24, 2.45) is 0 Å². The van der Waals surface area contributed by atoms with Crippen LogP contribution >= 0.6 is 0 Å². The average Bonchev–Trinajstić information content (AvgIpc) is 2.85. The van der Waals surface area contributed by atoms with Gasteiger partial charge in [0.15, 0.2) is 0 Å². The Hall–Kier alpha value is -3.56. The number of aryl methyl sites for hydroxylation is 1. The molecule has 1 atom stereocenters. The minimum atomic E-state index is -4.87. The van der Waals surface area contributed by atoms with Gasteiger partial charge in [0.05, 0.1) is 0 Å². The van der Waals surface area contributed by atoms with Gasteiger partial charge in [-0.15, -0.1) is 13.2 Å². The maximum atomic E-state index is 12.8. The fourth-order valence-electron chi connectivity index (χ4n) is 3.04. The van der Waals surface area contributed by atoms with Crippen molar-refractivity contribution in [1.29, 1.82) is 0 Å². The number of hydrogen-bond acceptors (Lipinski definition) is 4. The van der Waals surface area contributed by atoms with E-state index in [1.54, 1.807) is 24.3 Å². The van der Waals surface area contributed by atoms with Gasteiger partial charge in [0, 0.05) is 11.8 Å². The number of nitrogens with zero attached hydrogens (tertiary/aromatic N) is 1. The molecule has 0 spiro atoms. The molecule has 1 aliphatic heterocycles. The quantitative estimate of drug-likeness (QED) is 0.726. The molecule has 0 aromatic heterocycles. The van der Waals surface area contributed by atoms with Crippen molar-refractivity contribution in [3.8, 4) is 5.75 Å². The lowest BCUT2D eigenvalue weighted by Gasteiger charge is -2.22. The largest absolute Gasteiger partial charge is 0.573 e. The number of imide groups is 1. The molecule has 158 valence electrons. The molecule has 0 bridgehead atoms. The lowest BCUT2D eigenvalue weighted by Crippen LogP contribution is -2.42. The molecule has 2 N–H and O–H groups in total. The third-order valence-electron chi connectivity index (χ3n) is 4.56. The Kier molecular flexibility index (Phi) is 5.43. The second-order valence-corrected chi connectivity index (χ2v) is 6.94. The third kappa shape index (κ3) is 4.53. The number of amides is 4. The van der Waals surface area contributed by atoms with Crippen molar-refractivity contribution in [3.63, 3.8) is 0 Å². The number of nitrogens with one attached hydrogen (secondary N) is 2. The van der Waals surface area contributed by atoms with Gasteiger partial charge in [-0.1, -0.05) is 35.9 Å². The molecular formula is C20H18F3N3O4. The van der Waals surface area contributed by atoms with E-state index in [1.807, 2.05) is 6.92 Å². The van der Waals surface area contributed by atoms with Crippen molar-refractivity contribution < 1.29 is 32.3 Å². The molecule has 0 radical (unpaired) electrons. The number of alkyl halides is 3. The van der Waals surface area contributed by atoms with Gasteiger partial charge in [-0.05, 0) is 31.5 Å². The zero-order valence-electron chi connectivity index (χ0n) is 16.0. The van der Waals surface area contributed by atoms with Gasteiger partial charge >= 0.3 is 12.4 Å². The normalized spacial score (nSPS) is 18.9. The Morgan fingerprint density at radius 3 is 2.47 bits per heavy atom. The summed E-state index contributed by atoms with van der Waals surface area (Å²) >= 11 is 0.